The van der Waals surface area contributed by atoms with E-state index in [9.17, 15) is 26.4 Å². The fourth-order valence-corrected chi connectivity index (χ4v) is 5.66. The van der Waals surface area contributed by atoms with Gasteiger partial charge in [-0.25, -0.2) is 0 Å². The summed E-state index contributed by atoms with van der Waals surface area (Å²) in [5.74, 6) is -1.83. The normalized spacial score (nSPS) is 21.7. The first-order valence-corrected chi connectivity index (χ1v) is 12.0. The Kier molecular flexibility index (Phi) is 7.11. The molecule has 6 nitrogen and oxygen atoms in total. The number of benzene rings is 1. The molecule has 1 aliphatic carbocycles. The maximum atomic E-state index is 12.8. The van der Waals surface area contributed by atoms with E-state index in [0.29, 0.717) is 31.2 Å². The van der Waals surface area contributed by atoms with Crippen LogP contribution in [0.25, 0.3) is 0 Å². The van der Waals surface area contributed by atoms with Gasteiger partial charge in [-0.1, -0.05) is 59.1 Å². The predicted molar refractivity (Wildman–Crippen MR) is 110 cm³/mol. The highest BCUT2D eigenvalue weighted by atomic mass is 35.6. The number of nitrogens with one attached hydrogen (secondary N) is 1. The minimum Gasteiger partial charge on any atom is -0.335 e. The fraction of sp³-hybridized carbons (Fsp3) is 0.611. The molecule has 1 heterocycles. The van der Waals surface area contributed by atoms with Crippen LogP contribution in [0.15, 0.2) is 24.3 Å². The second-order valence-electron chi connectivity index (χ2n) is 7.70. The molecule has 1 saturated heterocycles. The molecule has 1 atom stereocenters. The highest BCUT2D eigenvalue weighted by Crippen LogP contribution is 2.48. The number of carbonyl (C=O) groups excluding carboxylic acids is 1. The number of rotatable bonds is 4. The van der Waals surface area contributed by atoms with E-state index in [0.717, 1.165) is 10.5 Å². The summed E-state index contributed by atoms with van der Waals surface area (Å²) in [6.45, 7) is -0.695. The molecule has 1 amide bonds. The lowest BCUT2D eigenvalue weighted by atomic mass is 9.64. The molecule has 2 aliphatic rings. The van der Waals surface area contributed by atoms with Crippen LogP contribution in [0.5, 0.6) is 0 Å². The standard InChI is InChI=1S/C18H20Cl3F3N2O4S/c19-17(20,21)11-30-31(28,29)25-14-5-6-16(13-4-2-1-3-12(13)14)7-9-26(10-8-16)15(27)18(22,23)24/h1-4,14,25H,5-11H2. The van der Waals surface area contributed by atoms with Crippen LogP contribution >= 0.6 is 34.8 Å². The molecule has 0 saturated carbocycles. The Bertz CT molecular complexity index is 930. The lowest BCUT2D eigenvalue weighted by Crippen LogP contribution is -2.51. The van der Waals surface area contributed by atoms with Crippen molar-refractivity contribution in [2.24, 2.45) is 0 Å². The number of piperidine rings is 1. The third kappa shape index (κ3) is 5.97. The second kappa shape index (κ2) is 8.87. The largest absolute Gasteiger partial charge is 0.471 e. The first-order valence-electron chi connectivity index (χ1n) is 9.41. The number of hydrogen-bond donors (Lipinski definition) is 1. The lowest BCUT2D eigenvalue weighted by molar-refractivity contribution is -0.187. The van der Waals surface area contributed by atoms with Crippen LogP contribution in [-0.2, 0) is 24.7 Å². The van der Waals surface area contributed by atoms with Gasteiger partial charge in [0, 0.05) is 19.1 Å². The third-order valence-electron chi connectivity index (χ3n) is 5.73. The summed E-state index contributed by atoms with van der Waals surface area (Å²) in [7, 11) is -4.22. The Labute approximate surface area is 193 Å². The molecule has 3 rings (SSSR count). The zero-order valence-corrected chi connectivity index (χ0v) is 19.2. The van der Waals surface area contributed by atoms with Crippen molar-refractivity contribution in [2.45, 2.75) is 47.1 Å². The number of nitrogens with zero attached hydrogens (tertiary/aromatic N) is 1. The maximum Gasteiger partial charge on any atom is 0.471 e. The van der Waals surface area contributed by atoms with E-state index in [2.05, 4.69) is 4.72 Å². The average molecular weight is 524 g/mol. The molecule has 13 heteroatoms. The molecular formula is C18H20Cl3F3N2O4S. The molecule has 174 valence electrons. The summed E-state index contributed by atoms with van der Waals surface area (Å²) in [6, 6.07) is 6.57. The maximum absolute atomic E-state index is 12.8. The van der Waals surface area contributed by atoms with Gasteiger partial charge >= 0.3 is 22.4 Å². The topological polar surface area (TPSA) is 75.7 Å². The Hall–Kier alpha value is -0.780. The molecule has 1 aliphatic heterocycles. The van der Waals surface area contributed by atoms with Crippen LogP contribution in [0.4, 0.5) is 13.2 Å². The summed E-state index contributed by atoms with van der Waals surface area (Å²) >= 11 is 16.6. The van der Waals surface area contributed by atoms with Crippen molar-refractivity contribution < 1.29 is 30.6 Å². The van der Waals surface area contributed by atoms with E-state index < -0.39 is 44.2 Å². The van der Waals surface area contributed by atoms with Crippen molar-refractivity contribution in [3.63, 3.8) is 0 Å². The first kappa shape index (κ1) is 24.9. The fourth-order valence-electron chi connectivity index (χ4n) is 4.31. The van der Waals surface area contributed by atoms with Gasteiger partial charge in [-0.2, -0.15) is 26.3 Å². The predicted octanol–water partition coefficient (Wildman–Crippen LogP) is 4.17. The molecule has 0 bridgehead atoms. The third-order valence-corrected chi connectivity index (χ3v) is 7.06. The molecule has 31 heavy (non-hydrogen) atoms. The second-order valence-corrected chi connectivity index (χ2v) is 11.6. The molecule has 1 aromatic carbocycles. The van der Waals surface area contributed by atoms with Crippen molar-refractivity contribution in [1.29, 1.82) is 0 Å². The van der Waals surface area contributed by atoms with Gasteiger partial charge in [-0.15, -0.1) is 0 Å². The smallest absolute Gasteiger partial charge is 0.335 e. The van der Waals surface area contributed by atoms with Crippen molar-refractivity contribution in [2.75, 3.05) is 19.7 Å². The lowest BCUT2D eigenvalue weighted by Gasteiger charge is -2.47. The summed E-state index contributed by atoms with van der Waals surface area (Å²) in [4.78, 5) is 12.4. The van der Waals surface area contributed by atoms with Crippen LogP contribution in [0.3, 0.4) is 0 Å². The zero-order valence-electron chi connectivity index (χ0n) is 16.1. The van der Waals surface area contributed by atoms with Gasteiger partial charge in [0.05, 0.1) is 0 Å². The number of amides is 1. The molecule has 1 N–H and O–H groups in total. The van der Waals surface area contributed by atoms with E-state index in [1.54, 1.807) is 18.2 Å². The SMILES string of the molecule is O=C(N1CCC2(CCC(NS(=O)(=O)OCC(Cl)(Cl)Cl)c3ccccc32)CC1)C(F)(F)F. The van der Waals surface area contributed by atoms with Crippen LogP contribution in [0.2, 0.25) is 0 Å². The molecule has 0 radical (unpaired) electrons. The van der Waals surface area contributed by atoms with E-state index in [1.165, 1.54) is 0 Å². The number of hydrogen-bond acceptors (Lipinski definition) is 4. The number of carbonyl (C=O) groups is 1. The molecule has 1 fully saturated rings. The van der Waals surface area contributed by atoms with Crippen molar-refractivity contribution in [3.05, 3.63) is 35.4 Å². The Morgan fingerprint density at radius 1 is 1.16 bits per heavy atom. The Morgan fingerprint density at radius 3 is 2.35 bits per heavy atom. The van der Waals surface area contributed by atoms with E-state index in [1.807, 2.05) is 6.07 Å². The molecule has 1 spiro atoms. The van der Waals surface area contributed by atoms with Crippen LogP contribution in [0.1, 0.15) is 42.9 Å². The van der Waals surface area contributed by atoms with Gasteiger partial charge in [0.25, 0.3) is 0 Å². The minimum atomic E-state index is -4.90. The van der Waals surface area contributed by atoms with Crippen LogP contribution in [0, 0.1) is 0 Å². The van der Waals surface area contributed by atoms with Gasteiger partial charge in [0.2, 0.25) is 3.79 Å². The molecule has 0 aromatic heterocycles. The molecule has 1 unspecified atom stereocenters. The average Bonchev–Trinajstić information content (AvgIpc) is 2.68. The highest BCUT2D eigenvalue weighted by Gasteiger charge is 2.48. The Balaban J connectivity index is 1.77. The Morgan fingerprint density at radius 2 is 1.77 bits per heavy atom. The van der Waals surface area contributed by atoms with Crippen LogP contribution in [-0.4, -0.2) is 48.9 Å². The summed E-state index contributed by atoms with van der Waals surface area (Å²) in [5, 5.41) is 0. The van der Waals surface area contributed by atoms with Crippen molar-refractivity contribution in [3.8, 4) is 0 Å². The molecular weight excluding hydrogens is 504 g/mol. The van der Waals surface area contributed by atoms with Crippen LogP contribution < -0.4 is 4.72 Å². The first-order chi connectivity index (χ1) is 14.2. The summed E-state index contributed by atoms with van der Waals surface area (Å²) in [5.41, 5.74) is 1.14. The number of halogens is 6. The van der Waals surface area contributed by atoms with E-state index in [-0.39, 0.29) is 13.1 Å². The summed E-state index contributed by atoms with van der Waals surface area (Å²) in [6.07, 6.45) is -3.24. The van der Waals surface area contributed by atoms with E-state index in [4.69, 9.17) is 39.0 Å². The number of fused-ring (bicyclic) bond motifs is 2. The zero-order chi connectivity index (χ0) is 23.1. The van der Waals surface area contributed by atoms with Crippen molar-refractivity contribution in [1.82, 2.24) is 9.62 Å². The van der Waals surface area contributed by atoms with Gasteiger partial charge in [0.1, 0.15) is 6.61 Å². The number of alkyl halides is 6. The number of likely N-dealkylation sites (tertiary alicyclic amines) is 1. The van der Waals surface area contributed by atoms with Gasteiger partial charge in [-0.05, 0) is 42.2 Å². The van der Waals surface area contributed by atoms with Crippen molar-refractivity contribution >= 4 is 51.0 Å². The highest BCUT2D eigenvalue weighted by molar-refractivity contribution is 7.84. The summed E-state index contributed by atoms with van der Waals surface area (Å²) < 4.78 is 68.1. The minimum absolute atomic E-state index is 0.0184. The van der Waals surface area contributed by atoms with Gasteiger partial charge < -0.3 is 4.90 Å². The van der Waals surface area contributed by atoms with E-state index >= 15 is 0 Å². The quantitative estimate of drug-likeness (QED) is 0.601. The van der Waals surface area contributed by atoms with Gasteiger partial charge in [0.15, 0.2) is 0 Å². The van der Waals surface area contributed by atoms with Gasteiger partial charge in [-0.3, -0.25) is 8.98 Å². The monoisotopic (exact) mass is 522 g/mol. The molecule has 1 aromatic rings.